The van der Waals surface area contributed by atoms with E-state index in [2.05, 4.69) is 43.4 Å². The van der Waals surface area contributed by atoms with Crippen molar-refractivity contribution in [2.24, 2.45) is 0 Å². The van der Waals surface area contributed by atoms with Crippen LogP contribution in [0.2, 0.25) is 0 Å². The summed E-state index contributed by atoms with van der Waals surface area (Å²) in [6.45, 7) is 6.51. The number of nitrogens with one attached hydrogen (secondary N) is 1. The zero-order chi connectivity index (χ0) is 11.8. The van der Waals surface area contributed by atoms with Gasteiger partial charge in [-0.1, -0.05) is 29.3 Å². The SMILES string of the molecule is Cc1cc(C)cc(-c2cc3c(s2)CCNC3)c1. The fourth-order valence-corrected chi connectivity index (χ4v) is 3.68. The largest absolute Gasteiger partial charge is 0.312 e. The third kappa shape index (κ3) is 2.15. The zero-order valence-corrected chi connectivity index (χ0v) is 11.2. The van der Waals surface area contributed by atoms with Gasteiger partial charge < -0.3 is 5.32 Å². The van der Waals surface area contributed by atoms with Gasteiger partial charge in [-0.3, -0.25) is 0 Å². The molecule has 0 spiro atoms. The van der Waals surface area contributed by atoms with E-state index in [0.717, 1.165) is 13.1 Å². The number of rotatable bonds is 1. The summed E-state index contributed by atoms with van der Waals surface area (Å²) < 4.78 is 0. The fourth-order valence-electron chi connectivity index (χ4n) is 2.51. The van der Waals surface area contributed by atoms with E-state index in [0.29, 0.717) is 0 Å². The van der Waals surface area contributed by atoms with Gasteiger partial charge in [0.15, 0.2) is 0 Å². The van der Waals surface area contributed by atoms with Crippen molar-refractivity contribution < 1.29 is 0 Å². The number of thiophene rings is 1. The van der Waals surface area contributed by atoms with Crippen molar-refractivity contribution in [2.75, 3.05) is 6.54 Å². The monoisotopic (exact) mass is 243 g/mol. The fraction of sp³-hybridized carbons (Fsp3) is 0.333. The molecular formula is C15H17NS. The number of hydrogen-bond acceptors (Lipinski definition) is 2. The van der Waals surface area contributed by atoms with E-state index in [4.69, 9.17) is 0 Å². The molecule has 1 N–H and O–H groups in total. The van der Waals surface area contributed by atoms with Gasteiger partial charge in [0.2, 0.25) is 0 Å². The van der Waals surface area contributed by atoms with Crippen LogP contribution < -0.4 is 5.32 Å². The summed E-state index contributed by atoms with van der Waals surface area (Å²) in [6.07, 6.45) is 1.19. The van der Waals surface area contributed by atoms with Crippen LogP contribution in [0.3, 0.4) is 0 Å². The molecule has 17 heavy (non-hydrogen) atoms. The van der Waals surface area contributed by atoms with Crippen LogP contribution in [0.5, 0.6) is 0 Å². The molecule has 0 atom stereocenters. The van der Waals surface area contributed by atoms with E-state index in [-0.39, 0.29) is 0 Å². The minimum atomic E-state index is 1.04. The van der Waals surface area contributed by atoms with E-state index in [1.807, 2.05) is 11.3 Å². The number of fused-ring (bicyclic) bond motifs is 1. The highest BCUT2D eigenvalue weighted by Crippen LogP contribution is 2.33. The second-order valence-corrected chi connectivity index (χ2v) is 6.00. The Labute approximate surface area is 106 Å². The smallest absolute Gasteiger partial charge is 0.0349 e. The molecule has 1 aromatic carbocycles. The molecule has 0 aliphatic carbocycles. The minimum absolute atomic E-state index is 1.04. The molecule has 0 radical (unpaired) electrons. The molecule has 1 nitrogen and oxygen atoms in total. The van der Waals surface area contributed by atoms with Crippen molar-refractivity contribution in [2.45, 2.75) is 26.8 Å². The van der Waals surface area contributed by atoms with Crippen LogP contribution in [0.1, 0.15) is 21.6 Å². The maximum atomic E-state index is 3.44. The lowest BCUT2D eigenvalue weighted by atomic mass is 10.0. The van der Waals surface area contributed by atoms with Crippen molar-refractivity contribution in [1.82, 2.24) is 5.32 Å². The van der Waals surface area contributed by atoms with Crippen molar-refractivity contribution in [1.29, 1.82) is 0 Å². The molecule has 0 fully saturated rings. The normalized spacial score (nSPS) is 14.7. The lowest BCUT2D eigenvalue weighted by Crippen LogP contribution is -2.21. The highest BCUT2D eigenvalue weighted by Gasteiger charge is 2.13. The summed E-state index contributed by atoms with van der Waals surface area (Å²) in [6, 6.07) is 9.17. The van der Waals surface area contributed by atoms with Crippen LogP contribution in [-0.2, 0) is 13.0 Å². The molecule has 0 amide bonds. The van der Waals surface area contributed by atoms with Gasteiger partial charge in [0.05, 0.1) is 0 Å². The van der Waals surface area contributed by atoms with Gasteiger partial charge in [-0.05, 0) is 37.5 Å². The molecular weight excluding hydrogens is 226 g/mol. The molecule has 0 saturated heterocycles. The Morgan fingerprint density at radius 2 is 1.82 bits per heavy atom. The maximum Gasteiger partial charge on any atom is 0.0349 e. The Kier molecular flexibility index (Phi) is 2.77. The first-order chi connectivity index (χ1) is 8.22. The second-order valence-electron chi connectivity index (χ2n) is 4.86. The Hall–Kier alpha value is -1.12. The van der Waals surface area contributed by atoms with Crippen LogP contribution in [0.4, 0.5) is 0 Å². The first-order valence-corrected chi connectivity index (χ1v) is 6.95. The summed E-state index contributed by atoms with van der Waals surface area (Å²) in [5.74, 6) is 0. The van der Waals surface area contributed by atoms with E-state index >= 15 is 0 Å². The van der Waals surface area contributed by atoms with E-state index in [9.17, 15) is 0 Å². The number of benzene rings is 1. The second kappa shape index (κ2) is 4.28. The average molecular weight is 243 g/mol. The lowest BCUT2D eigenvalue weighted by molar-refractivity contribution is 0.653. The molecule has 88 valence electrons. The number of aryl methyl sites for hydroxylation is 2. The zero-order valence-electron chi connectivity index (χ0n) is 10.3. The van der Waals surface area contributed by atoms with Gasteiger partial charge in [-0.2, -0.15) is 0 Å². The Morgan fingerprint density at radius 1 is 1.06 bits per heavy atom. The summed E-state index contributed by atoms with van der Waals surface area (Å²) in [5.41, 5.74) is 5.58. The first-order valence-electron chi connectivity index (χ1n) is 6.13. The molecule has 2 heteroatoms. The van der Waals surface area contributed by atoms with Crippen LogP contribution in [0.15, 0.2) is 24.3 Å². The molecule has 0 saturated carbocycles. The minimum Gasteiger partial charge on any atom is -0.312 e. The quantitative estimate of drug-likeness (QED) is 0.805. The van der Waals surface area contributed by atoms with Crippen LogP contribution in [-0.4, -0.2) is 6.54 Å². The van der Waals surface area contributed by atoms with E-state index < -0.39 is 0 Å². The third-order valence-corrected chi connectivity index (χ3v) is 4.53. The summed E-state index contributed by atoms with van der Waals surface area (Å²) in [5, 5.41) is 3.44. The van der Waals surface area contributed by atoms with Crippen molar-refractivity contribution in [3.8, 4) is 10.4 Å². The summed E-state index contributed by atoms with van der Waals surface area (Å²) in [7, 11) is 0. The molecule has 3 rings (SSSR count). The maximum absolute atomic E-state index is 3.44. The number of hydrogen-bond donors (Lipinski definition) is 1. The van der Waals surface area contributed by atoms with Gasteiger partial charge in [0, 0.05) is 22.8 Å². The van der Waals surface area contributed by atoms with Crippen LogP contribution in [0, 0.1) is 13.8 Å². The average Bonchev–Trinajstić information content (AvgIpc) is 2.71. The van der Waals surface area contributed by atoms with Gasteiger partial charge in [-0.25, -0.2) is 0 Å². The predicted octanol–water partition coefficient (Wildman–Crippen LogP) is 3.68. The third-order valence-electron chi connectivity index (χ3n) is 3.25. The Bertz CT molecular complexity index is 510. The molecule has 2 heterocycles. The van der Waals surface area contributed by atoms with Crippen molar-refractivity contribution in [3.05, 3.63) is 45.8 Å². The predicted molar refractivity (Wildman–Crippen MR) is 74.6 cm³/mol. The van der Waals surface area contributed by atoms with Gasteiger partial charge in [-0.15, -0.1) is 11.3 Å². The Morgan fingerprint density at radius 3 is 2.53 bits per heavy atom. The summed E-state index contributed by atoms with van der Waals surface area (Å²) >= 11 is 1.97. The van der Waals surface area contributed by atoms with Crippen LogP contribution in [0.25, 0.3) is 10.4 Å². The lowest BCUT2D eigenvalue weighted by Gasteiger charge is -2.10. The van der Waals surface area contributed by atoms with E-state index in [1.165, 1.54) is 33.6 Å². The topological polar surface area (TPSA) is 12.0 Å². The molecule has 2 aromatic rings. The van der Waals surface area contributed by atoms with Gasteiger partial charge in [0.1, 0.15) is 0 Å². The standard InChI is InChI=1S/C15H17NS/c1-10-5-11(2)7-12(6-10)15-8-13-9-16-4-3-14(13)17-15/h5-8,16H,3-4,9H2,1-2H3. The van der Waals surface area contributed by atoms with Crippen LogP contribution >= 0.6 is 11.3 Å². The molecule has 1 aliphatic heterocycles. The van der Waals surface area contributed by atoms with E-state index in [1.54, 1.807) is 4.88 Å². The van der Waals surface area contributed by atoms with Gasteiger partial charge in [0.25, 0.3) is 0 Å². The molecule has 0 bridgehead atoms. The van der Waals surface area contributed by atoms with Crippen molar-refractivity contribution >= 4 is 11.3 Å². The highest BCUT2D eigenvalue weighted by molar-refractivity contribution is 7.15. The first kappa shape index (κ1) is 11.0. The Balaban J connectivity index is 2.05. The van der Waals surface area contributed by atoms with Gasteiger partial charge >= 0.3 is 0 Å². The molecule has 0 unspecified atom stereocenters. The van der Waals surface area contributed by atoms with Crippen molar-refractivity contribution in [3.63, 3.8) is 0 Å². The molecule has 1 aliphatic rings. The summed E-state index contributed by atoms with van der Waals surface area (Å²) in [4.78, 5) is 2.99. The highest BCUT2D eigenvalue weighted by atomic mass is 32.1. The molecule has 1 aromatic heterocycles.